The number of hydrogen-bond donors (Lipinski definition) is 0. The van der Waals surface area contributed by atoms with Crippen LogP contribution >= 0.6 is 11.8 Å². The molecule has 0 N–H and O–H groups in total. The van der Waals surface area contributed by atoms with Crippen molar-refractivity contribution in [2.24, 2.45) is 0 Å². The van der Waals surface area contributed by atoms with Crippen LogP contribution in [-0.4, -0.2) is 33.0 Å². The predicted molar refractivity (Wildman–Crippen MR) is 108 cm³/mol. The Morgan fingerprint density at radius 2 is 1.85 bits per heavy atom. The molecule has 0 saturated heterocycles. The Bertz CT molecular complexity index is 938. The van der Waals surface area contributed by atoms with E-state index in [-0.39, 0.29) is 5.91 Å². The van der Waals surface area contributed by atoms with Gasteiger partial charge in [0.2, 0.25) is 5.91 Å². The maximum absolute atomic E-state index is 12.6. The highest BCUT2D eigenvalue weighted by Crippen LogP contribution is 2.28. The van der Waals surface area contributed by atoms with Crippen LogP contribution in [0.2, 0.25) is 0 Å². The summed E-state index contributed by atoms with van der Waals surface area (Å²) in [7, 11) is 0. The fraction of sp³-hybridized carbons (Fsp3) is 0.286. The molecule has 0 bridgehead atoms. The topological polar surface area (TPSA) is 51.0 Å². The third kappa shape index (κ3) is 3.90. The van der Waals surface area contributed by atoms with Gasteiger partial charge in [0.25, 0.3) is 0 Å². The molecule has 27 heavy (non-hydrogen) atoms. The van der Waals surface area contributed by atoms with E-state index in [1.54, 1.807) is 11.8 Å². The van der Waals surface area contributed by atoms with Crippen LogP contribution in [0.5, 0.6) is 0 Å². The van der Waals surface area contributed by atoms with Gasteiger partial charge in [0.05, 0.1) is 6.54 Å². The average Bonchev–Trinajstić information content (AvgIpc) is 3.27. The van der Waals surface area contributed by atoms with Gasteiger partial charge in [0.1, 0.15) is 5.82 Å². The Kier molecular flexibility index (Phi) is 5.25. The minimum absolute atomic E-state index is 0.179. The summed E-state index contributed by atoms with van der Waals surface area (Å²) in [4.78, 5) is 14.6. The fourth-order valence-corrected chi connectivity index (χ4v) is 4.29. The van der Waals surface area contributed by atoms with Gasteiger partial charge in [-0.15, -0.1) is 10.2 Å². The van der Waals surface area contributed by atoms with Gasteiger partial charge >= 0.3 is 0 Å². The summed E-state index contributed by atoms with van der Waals surface area (Å²) in [6.07, 6.45) is 1.44. The fourth-order valence-electron chi connectivity index (χ4n) is 3.38. The minimum Gasteiger partial charge on any atom is -0.312 e. The number of thioether (sulfide) groups is 1. The Hall–Kier alpha value is -2.60. The lowest BCUT2D eigenvalue weighted by Crippen LogP contribution is -2.29. The number of nitrogens with zero attached hydrogens (tertiary/aromatic N) is 4. The van der Waals surface area contributed by atoms with Crippen LogP contribution in [0.4, 0.5) is 5.69 Å². The van der Waals surface area contributed by atoms with E-state index in [1.165, 1.54) is 11.1 Å². The summed E-state index contributed by atoms with van der Waals surface area (Å²) >= 11 is 1.60. The number of hydrogen-bond acceptors (Lipinski definition) is 4. The van der Waals surface area contributed by atoms with E-state index in [1.807, 2.05) is 48.2 Å². The molecule has 0 radical (unpaired) electrons. The molecule has 0 atom stereocenters. The minimum atomic E-state index is 0.179. The lowest BCUT2D eigenvalue weighted by molar-refractivity contribution is -0.118. The first-order chi connectivity index (χ1) is 13.2. The van der Waals surface area contributed by atoms with E-state index in [0.717, 1.165) is 36.2 Å². The van der Waals surface area contributed by atoms with E-state index in [0.29, 0.717) is 12.2 Å². The number of carbonyl (C=O) groups is 1. The molecule has 1 aliphatic heterocycles. The van der Waals surface area contributed by atoms with Crippen molar-refractivity contribution in [2.75, 3.05) is 17.2 Å². The van der Waals surface area contributed by atoms with Gasteiger partial charge < -0.3 is 9.47 Å². The number of benzene rings is 2. The van der Waals surface area contributed by atoms with Crippen molar-refractivity contribution in [2.45, 2.75) is 31.5 Å². The summed E-state index contributed by atoms with van der Waals surface area (Å²) in [5.74, 6) is 1.77. The van der Waals surface area contributed by atoms with Crippen molar-refractivity contribution in [3.63, 3.8) is 0 Å². The first-order valence-electron chi connectivity index (χ1n) is 9.17. The molecule has 0 fully saturated rings. The van der Waals surface area contributed by atoms with Crippen LogP contribution in [0.15, 0.2) is 59.8 Å². The van der Waals surface area contributed by atoms with E-state index in [4.69, 9.17) is 0 Å². The molecule has 0 saturated carbocycles. The summed E-state index contributed by atoms with van der Waals surface area (Å²) in [5.41, 5.74) is 3.54. The number of aryl methyl sites for hydroxylation is 1. The number of anilines is 1. The zero-order valence-electron chi connectivity index (χ0n) is 15.3. The zero-order chi connectivity index (χ0) is 18.6. The lowest BCUT2D eigenvalue weighted by atomic mass is 10.2. The molecular formula is C21H22N4OS. The quantitative estimate of drug-likeness (QED) is 0.614. The zero-order valence-corrected chi connectivity index (χ0v) is 16.2. The SMILES string of the molecule is Cc1nnc(SCCC(=O)N2CCc3ccccc32)n1Cc1ccccc1. The monoisotopic (exact) mass is 378 g/mol. The molecule has 138 valence electrons. The number of para-hydroxylation sites is 1. The van der Waals surface area contributed by atoms with Crippen LogP contribution in [-0.2, 0) is 17.8 Å². The summed E-state index contributed by atoms with van der Waals surface area (Å²) < 4.78 is 2.11. The smallest absolute Gasteiger partial charge is 0.227 e. The average molecular weight is 379 g/mol. The molecular weight excluding hydrogens is 356 g/mol. The number of fused-ring (bicyclic) bond motifs is 1. The third-order valence-electron chi connectivity index (χ3n) is 4.82. The van der Waals surface area contributed by atoms with Crippen molar-refractivity contribution in [3.8, 4) is 0 Å². The highest BCUT2D eigenvalue weighted by molar-refractivity contribution is 7.99. The van der Waals surface area contributed by atoms with Crippen molar-refractivity contribution < 1.29 is 4.79 Å². The first-order valence-corrected chi connectivity index (χ1v) is 10.2. The van der Waals surface area contributed by atoms with Crippen LogP contribution in [0, 0.1) is 6.92 Å². The van der Waals surface area contributed by atoms with Gasteiger partial charge in [0, 0.05) is 24.4 Å². The van der Waals surface area contributed by atoms with Crippen molar-refractivity contribution in [1.82, 2.24) is 14.8 Å². The van der Waals surface area contributed by atoms with Crippen LogP contribution < -0.4 is 4.90 Å². The van der Waals surface area contributed by atoms with Crippen molar-refractivity contribution in [3.05, 3.63) is 71.5 Å². The van der Waals surface area contributed by atoms with Gasteiger partial charge in [-0.2, -0.15) is 0 Å². The summed E-state index contributed by atoms with van der Waals surface area (Å²) in [6, 6.07) is 18.4. The molecule has 0 unspecified atom stereocenters. The van der Waals surface area contributed by atoms with E-state index in [2.05, 4.69) is 33.0 Å². The maximum atomic E-state index is 12.6. The lowest BCUT2D eigenvalue weighted by Gasteiger charge is -2.17. The van der Waals surface area contributed by atoms with Crippen molar-refractivity contribution >= 4 is 23.4 Å². The van der Waals surface area contributed by atoms with Crippen LogP contribution in [0.1, 0.15) is 23.4 Å². The van der Waals surface area contributed by atoms with Crippen LogP contribution in [0.3, 0.4) is 0 Å². The largest absolute Gasteiger partial charge is 0.312 e. The molecule has 3 aromatic rings. The molecule has 1 aliphatic rings. The third-order valence-corrected chi connectivity index (χ3v) is 5.79. The summed E-state index contributed by atoms with van der Waals surface area (Å²) in [6.45, 7) is 3.49. The Morgan fingerprint density at radius 1 is 1.07 bits per heavy atom. The molecule has 4 rings (SSSR count). The Labute approximate surface area is 163 Å². The second kappa shape index (κ2) is 7.96. The molecule has 5 nitrogen and oxygen atoms in total. The Balaban J connectivity index is 1.37. The highest BCUT2D eigenvalue weighted by Gasteiger charge is 2.23. The van der Waals surface area contributed by atoms with E-state index in [9.17, 15) is 4.79 Å². The molecule has 1 aromatic heterocycles. The predicted octanol–water partition coefficient (Wildman–Crippen LogP) is 3.71. The number of aromatic nitrogens is 3. The highest BCUT2D eigenvalue weighted by atomic mass is 32.2. The molecule has 0 spiro atoms. The van der Waals surface area contributed by atoms with Crippen LogP contribution in [0.25, 0.3) is 0 Å². The molecule has 6 heteroatoms. The maximum Gasteiger partial charge on any atom is 0.227 e. The molecule has 1 amide bonds. The number of carbonyl (C=O) groups excluding carboxylic acids is 1. The standard InChI is InChI=1S/C21H22N4OS/c1-16-22-23-21(25(16)15-17-7-3-2-4-8-17)27-14-12-20(26)24-13-11-18-9-5-6-10-19(18)24/h2-10H,11-15H2,1H3. The van der Waals surface area contributed by atoms with E-state index >= 15 is 0 Å². The number of amides is 1. The van der Waals surface area contributed by atoms with Gasteiger partial charge in [-0.05, 0) is 30.5 Å². The second-order valence-electron chi connectivity index (χ2n) is 6.62. The van der Waals surface area contributed by atoms with Crippen molar-refractivity contribution in [1.29, 1.82) is 0 Å². The van der Waals surface area contributed by atoms with Gasteiger partial charge in [0.15, 0.2) is 5.16 Å². The molecule has 2 aromatic carbocycles. The molecule has 2 heterocycles. The first kappa shape index (κ1) is 17.8. The van der Waals surface area contributed by atoms with E-state index < -0.39 is 0 Å². The van der Waals surface area contributed by atoms with Gasteiger partial charge in [-0.25, -0.2) is 0 Å². The molecule has 0 aliphatic carbocycles. The van der Waals surface area contributed by atoms with Gasteiger partial charge in [-0.3, -0.25) is 4.79 Å². The number of rotatable bonds is 6. The summed E-state index contributed by atoms with van der Waals surface area (Å²) in [5, 5.41) is 9.37. The Morgan fingerprint density at radius 3 is 2.70 bits per heavy atom. The van der Waals surface area contributed by atoms with Gasteiger partial charge in [-0.1, -0.05) is 60.3 Å². The normalized spacial score (nSPS) is 13.0. The second-order valence-corrected chi connectivity index (χ2v) is 7.69.